The molecule has 0 bridgehead atoms. The third-order valence-electron chi connectivity index (χ3n) is 3.88. The van der Waals surface area contributed by atoms with Crippen LogP contribution in [0.1, 0.15) is 16.9 Å². The predicted octanol–water partition coefficient (Wildman–Crippen LogP) is 3.87. The maximum atomic E-state index is 12.7. The van der Waals surface area contributed by atoms with Crippen LogP contribution in [0.3, 0.4) is 0 Å². The SMILES string of the molecule is FC(F)(F)c1cnc(N2CCCN(Cc3ccccc3)CC2)s1. The summed E-state index contributed by atoms with van der Waals surface area (Å²) in [5, 5.41) is 0.471. The first-order valence-corrected chi connectivity index (χ1v) is 8.38. The summed E-state index contributed by atoms with van der Waals surface area (Å²) in [6, 6.07) is 10.2. The van der Waals surface area contributed by atoms with Crippen LogP contribution < -0.4 is 4.90 Å². The summed E-state index contributed by atoms with van der Waals surface area (Å²) in [6.45, 7) is 4.10. The fraction of sp³-hybridized carbons (Fsp3) is 0.438. The molecule has 1 aromatic carbocycles. The number of aromatic nitrogens is 1. The fourth-order valence-corrected chi connectivity index (χ4v) is 3.54. The van der Waals surface area contributed by atoms with E-state index >= 15 is 0 Å². The van der Waals surface area contributed by atoms with Gasteiger partial charge in [0.25, 0.3) is 0 Å². The molecule has 0 atom stereocenters. The third kappa shape index (κ3) is 4.23. The standard InChI is InChI=1S/C16H18F3N3S/c17-16(18,19)14-11-20-15(23-14)22-8-4-7-21(9-10-22)12-13-5-2-1-3-6-13/h1-3,5-6,11H,4,7-10,12H2. The predicted molar refractivity (Wildman–Crippen MR) is 85.7 cm³/mol. The molecule has 0 unspecified atom stereocenters. The monoisotopic (exact) mass is 341 g/mol. The average molecular weight is 341 g/mol. The largest absolute Gasteiger partial charge is 0.427 e. The molecule has 1 saturated heterocycles. The summed E-state index contributed by atoms with van der Waals surface area (Å²) in [5.74, 6) is 0. The highest BCUT2D eigenvalue weighted by Gasteiger charge is 2.34. The molecule has 124 valence electrons. The summed E-state index contributed by atoms with van der Waals surface area (Å²) in [7, 11) is 0. The van der Waals surface area contributed by atoms with Crippen molar-refractivity contribution in [1.29, 1.82) is 0 Å². The smallest absolute Gasteiger partial charge is 0.347 e. The van der Waals surface area contributed by atoms with Crippen LogP contribution in [0.5, 0.6) is 0 Å². The van der Waals surface area contributed by atoms with Crippen LogP contribution in [0, 0.1) is 0 Å². The maximum Gasteiger partial charge on any atom is 0.427 e. The van der Waals surface area contributed by atoms with Crippen LogP contribution in [-0.4, -0.2) is 36.1 Å². The second kappa shape index (κ2) is 6.88. The van der Waals surface area contributed by atoms with Crippen LogP contribution in [0.25, 0.3) is 0 Å². The number of thiazole rings is 1. The lowest BCUT2D eigenvalue weighted by Gasteiger charge is -2.21. The summed E-state index contributed by atoms with van der Waals surface area (Å²) < 4.78 is 38.1. The fourth-order valence-electron chi connectivity index (χ4n) is 2.70. The molecule has 2 heterocycles. The quantitative estimate of drug-likeness (QED) is 0.845. The number of halogens is 3. The molecule has 1 aromatic heterocycles. The van der Waals surface area contributed by atoms with E-state index in [9.17, 15) is 13.2 Å². The van der Waals surface area contributed by atoms with Crippen molar-refractivity contribution in [3.63, 3.8) is 0 Å². The molecule has 3 nitrogen and oxygen atoms in total. The topological polar surface area (TPSA) is 19.4 Å². The molecule has 23 heavy (non-hydrogen) atoms. The van der Waals surface area contributed by atoms with E-state index in [1.165, 1.54) is 5.56 Å². The molecule has 1 aliphatic heterocycles. The van der Waals surface area contributed by atoms with Gasteiger partial charge in [0, 0.05) is 32.7 Å². The lowest BCUT2D eigenvalue weighted by molar-refractivity contribution is -0.134. The van der Waals surface area contributed by atoms with E-state index in [1.54, 1.807) is 0 Å². The molecule has 7 heteroatoms. The van der Waals surface area contributed by atoms with Crippen molar-refractivity contribution in [2.45, 2.75) is 19.1 Å². The number of rotatable bonds is 3. The number of hydrogen-bond donors (Lipinski definition) is 0. The highest BCUT2D eigenvalue weighted by molar-refractivity contribution is 7.15. The van der Waals surface area contributed by atoms with Crippen molar-refractivity contribution < 1.29 is 13.2 Å². The van der Waals surface area contributed by atoms with Crippen LogP contribution in [0.15, 0.2) is 36.5 Å². The zero-order chi connectivity index (χ0) is 16.3. The van der Waals surface area contributed by atoms with Gasteiger partial charge in [-0.25, -0.2) is 4.98 Å². The van der Waals surface area contributed by atoms with Crippen molar-refractivity contribution in [3.8, 4) is 0 Å². The molecule has 0 aliphatic carbocycles. The van der Waals surface area contributed by atoms with E-state index in [0.29, 0.717) is 11.7 Å². The van der Waals surface area contributed by atoms with E-state index in [0.717, 1.165) is 50.1 Å². The molecule has 0 N–H and O–H groups in total. The van der Waals surface area contributed by atoms with E-state index in [4.69, 9.17) is 0 Å². The Morgan fingerprint density at radius 3 is 2.52 bits per heavy atom. The van der Waals surface area contributed by atoms with Crippen LogP contribution in [0.4, 0.5) is 18.3 Å². The van der Waals surface area contributed by atoms with Gasteiger partial charge in [-0.1, -0.05) is 41.7 Å². The molecular weight excluding hydrogens is 323 g/mol. The first-order chi connectivity index (χ1) is 11.0. The molecule has 2 aromatic rings. The minimum absolute atomic E-state index is 0.471. The molecule has 3 rings (SSSR count). The van der Waals surface area contributed by atoms with Crippen molar-refractivity contribution >= 4 is 16.5 Å². The van der Waals surface area contributed by atoms with E-state index in [2.05, 4.69) is 22.0 Å². The zero-order valence-corrected chi connectivity index (χ0v) is 13.4. The highest BCUT2D eigenvalue weighted by Crippen LogP contribution is 2.36. The van der Waals surface area contributed by atoms with Gasteiger partial charge in [-0.2, -0.15) is 13.2 Å². The number of benzene rings is 1. The lowest BCUT2D eigenvalue weighted by Crippen LogP contribution is -2.30. The summed E-state index contributed by atoms with van der Waals surface area (Å²) in [4.78, 5) is 7.64. The van der Waals surface area contributed by atoms with E-state index in [-0.39, 0.29) is 0 Å². The van der Waals surface area contributed by atoms with Gasteiger partial charge in [0.1, 0.15) is 4.88 Å². The van der Waals surface area contributed by atoms with Gasteiger partial charge in [-0.15, -0.1) is 0 Å². The Labute approximate surface area is 137 Å². The zero-order valence-electron chi connectivity index (χ0n) is 12.6. The second-order valence-electron chi connectivity index (χ2n) is 5.61. The Balaban J connectivity index is 1.61. The summed E-state index contributed by atoms with van der Waals surface area (Å²) in [6.07, 6.45) is -2.44. The van der Waals surface area contributed by atoms with Crippen molar-refractivity contribution in [2.24, 2.45) is 0 Å². The number of anilines is 1. The minimum Gasteiger partial charge on any atom is -0.347 e. The van der Waals surface area contributed by atoms with Gasteiger partial charge in [-0.3, -0.25) is 4.90 Å². The lowest BCUT2D eigenvalue weighted by atomic mass is 10.2. The summed E-state index contributed by atoms with van der Waals surface area (Å²) >= 11 is 0.732. The maximum absolute atomic E-state index is 12.7. The first kappa shape index (κ1) is 16.3. The van der Waals surface area contributed by atoms with Gasteiger partial charge in [0.15, 0.2) is 5.13 Å². The molecule has 0 radical (unpaired) electrons. The van der Waals surface area contributed by atoms with Gasteiger partial charge in [-0.05, 0) is 12.0 Å². The van der Waals surface area contributed by atoms with Crippen molar-refractivity contribution in [3.05, 3.63) is 47.0 Å². The molecule has 0 saturated carbocycles. The molecule has 1 fully saturated rings. The number of hydrogen-bond acceptors (Lipinski definition) is 4. The van der Waals surface area contributed by atoms with Gasteiger partial charge < -0.3 is 4.90 Å². The Morgan fingerprint density at radius 1 is 1.04 bits per heavy atom. The molecule has 0 amide bonds. The van der Waals surface area contributed by atoms with Gasteiger partial charge in [0.05, 0.1) is 6.20 Å². The van der Waals surface area contributed by atoms with Crippen molar-refractivity contribution in [1.82, 2.24) is 9.88 Å². The van der Waals surface area contributed by atoms with Crippen LogP contribution in [-0.2, 0) is 12.7 Å². The van der Waals surface area contributed by atoms with Crippen LogP contribution in [0.2, 0.25) is 0 Å². The number of nitrogens with zero attached hydrogens (tertiary/aromatic N) is 3. The third-order valence-corrected chi connectivity index (χ3v) is 4.98. The average Bonchev–Trinajstić information content (AvgIpc) is 2.91. The van der Waals surface area contributed by atoms with Gasteiger partial charge in [0.2, 0.25) is 0 Å². The van der Waals surface area contributed by atoms with E-state index < -0.39 is 11.1 Å². The Bertz CT molecular complexity index is 627. The Hall–Kier alpha value is -1.60. The summed E-state index contributed by atoms with van der Waals surface area (Å²) in [5.41, 5.74) is 1.26. The Kier molecular flexibility index (Phi) is 4.87. The molecule has 0 spiro atoms. The second-order valence-corrected chi connectivity index (χ2v) is 6.62. The minimum atomic E-state index is -4.30. The normalized spacial score (nSPS) is 17.3. The number of alkyl halides is 3. The Morgan fingerprint density at radius 2 is 1.83 bits per heavy atom. The van der Waals surface area contributed by atoms with E-state index in [1.807, 2.05) is 23.1 Å². The van der Waals surface area contributed by atoms with Crippen LogP contribution >= 0.6 is 11.3 Å². The first-order valence-electron chi connectivity index (χ1n) is 7.56. The highest BCUT2D eigenvalue weighted by atomic mass is 32.1. The van der Waals surface area contributed by atoms with Crippen molar-refractivity contribution in [2.75, 3.05) is 31.1 Å². The van der Waals surface area contributed by atoms with Gasteiger partial charge >= 0.3 is 6.18 Å². The molecule has 1 aliphatic rings. The molecular formula is C16H18F3N3S.